The number of hydrogen-bond donors (Lipinski definition) is 1. The number of aliphatic imine (C=N–C) groups is 1. The normalized spacial score (nSPS) is 15.0. The van der Waals surface area contributed by atoms with Crippen LogP contribution >= 0.6 is 12.2 Å². The second-order valence-electron chi connectivity index (χ2n) is 5.81. The fourth-order valence-electron chi connectivity index (χ4n) is 2.54. The van der Waals surface area contributed by atoms with Crippen molar-refractivity contribution in [1.82, 2.24) is 0 Å². The summed E-state index contributed by atoms with van der Waals surface area (Å²) >= 11 is 0.374. The SMILES string of the molecule is CC1(C)N=C(c2ccc(F)cc2)c2c(F)cc(C(=O)OSN)cc2O1. The van der Waals surface area contributed by atoms with Crippen molar-refractivity contribution in [2.45, 2.75) is 19.6 Å². The lowest BCUT2D eigenvalue weighted by molar-refractivity contribution is 0.0763. The van der Waals surface area contributed by atoms with Crippen LogP contribution in [-0.4, -0.2) is 17.4 Å². The van der Waals surface area contributed by atoms with Gasteiger partial charge in [0.2, 0.25) is 0 Å². The van der Waals surface area contributed by atoms with Crippen molar-refractivity contribution in [2.75, 3.05) is 0 Å². The van der Waals surface area contributed by atoms with Crippen LogP contribution in [0, 0.1) is 11.6 Å². The fourth-order valence-corrected chi connectivity index (χ4v) is 2.72. The maximum atomic E-state index is 14.7. The highest BCUT2D eigenvalue weighted by Gasteiger charge is 2.32. The average Bonchev–Trinajstić information content (AvgIpc) is 2.53. The Morgan fingerprint density at radius 2 is 1.92 bits per heavy atom. The first-order valence-electron chi connectivity index (χ1n) is 7.27. The van der Waals surface area contributed by atoms with E-state index in [0.717, 1.165) is 6.07 Å². The van der Waals surface area contributed by atoms with Gasteiger partial charge in [0, 0.05) is 5.56 Å². The molecule has 130 valence electrons. The molecule has 0 radical (unpaired) electrons. The van der Waals surface area contributed by atoms with Crippen LogP contribution in [-0.2, 0) is 4.18 Å². The summed E-state index contributed by atoms with van der Waals surface area (Å²) in [7, 11) is 0. The van der Waals surface area contributed by atoms with E-state index in [1.165, 1.54) is 30.3 Å². The number of hydrogen-bond acceptors (Lipinski definition) is 6. The van der Waals surface area contributed by atoms with Gasteiger partial charge in [-0.15, -0.1) is 0 Å². The third-order valence-electron chi connectivity index (χ3n) is 3.51. The molecule has 0 aromatic heterocycles. The molecule has 1 heterocycles. The lowest BCUT2D eigenvalue weighted by Crippen LogP contribution is -2.33. The minimum atomic E-state index is -0.992. The van der Waals surface area contributed by atoms with Gasteiger partial charge < -0.3 is 8.92 Å². The standard InChI is InChI=1S/C17H14F2N2O3S/c1-17(2)21-15(9-3-5-11(18)6-4-9)14-12(19)7-10(8-13(14)23-17)16(22)24-25-20/h3-8H,20H2,1-2H3. The van der Waals surface area contributed by atoms with Crippen molar-refractivity contribution in [2.24, 2.45) is 10.1 Å². The Hall–Kier alpha value is -2.45. The van der Waals surface area contributed by atoms with Crippen LogP contribution in [0.4, 0.5) is 8.78 Å². The smallest absolute Gasteiger partial charge is 0.351 e. The number of nitrogens with two attached hydrogens (primary N) is 1. The number of carbonyl (C=O) groups excluding carboxylic acids is 1. The summed E-state index contributed by atoms with van der Waals surface area (Å²) in [5.74, 6) is -1.76. The number of halogens is 2. The Balaban J connectivity index is 2.15. The zero-order chi connectivity index (χ0) is 18.2. The van der Waals surface area contributed by atoms with Crippen LogP contribution in [0.1, 0.15) is 35.3 Å². The van der Waals surface area contributed by atoms with Gasteiger partial charge in [-0.2, -0.15) is 0 Å². The molecule has 1 aliphatic heterocycles. The Bertz CT molecular complexity index is 867. The van der Waals surface area contributed by atoms with E-state index in [4.69, 9.17) is 9.88 Å². The van der Waals surface area contributed by atoms with Crippen molar-refractivity contribution < 1.29 is 22.5 Å². The minimum absolute atomic E-state index is 0.0367. The van der Waals surface area contributed by atoms with E-state index < -0.39 is 23.3 Å². The van der Waals surface area contributed by atoms with Crippen LogP contribution in [0.25, 0.3) is 0 Å². The van der Waals surface area contributed by atoms with Gasteiger partial charge in [0.05, 0.1) is 16.8 Å². The van der Waals surface area contributed by atoms with Crippen molar-refractivity contribution in [1.29, 1.82) is 0 Å². The lowest BCUT2D eigenvalue weighted by atomic mass is 9.97. The summed E-state index contributed by atoms with van der Waals surface area (Å²) in [5, 5.41) is 5.09. The molecule has 0 unspecified atom stereocenters. The van der Waals surface area contributed by atoms with E-state index >= 15 is 0 Å². The zero-order valence-corrected chi connectivity index (χ0v) is 14.2. The van der Waals surface area contributed by atoms with Crippen LogP contribution in [0.15, 0.2) is 41.4 Å². The maximum absolute atomic E-state index is 14.7. The molecular weight excluding hydrogens is 350 g/mol. The molecule has 25 heavy (non-hydrogen) atoms. The van der Waals surface area contributed by atoms with Gasteiger partial charge in [-0.3, -0.25) is 0 Å². The Morgan fingerprint density at radius 1 is 1.24 bits per heavy atom. The van der Waals surface area contributed by atoms with E-state index in [1.807, 2.05) is 0 Å². The van der Waals surface area contributed by atoms with Gasteiger partial charge in [0.25, 0.3) is 0 Å². The van der Waals surface area contributed by atoms with Gasteiger partial charge in [0.1, 0.15) is 29.6 Å². The second kappa shape index (κ2) is 6.45. The number of benzene rings is 2. The van der Waals surface area contributed by atoms with E-state index in [9.17, 15) is 13.6 Å². The molecule has 0 fully saturated rings. The van der Waals surface area contributed by atoms with E-state index in [1.54, 1.807) is 13.8 Å². The molecule has 0 bridgehead atoms. The maximum Gasteiger partial charge on any atom is 0.351 e. The summed E-state index contributed by atoms with van der Waals surface area (Å²) in [5.41, 5.74) is -0.0789. The summed E-state index contributed by atoms with van der Waals surface area (Å²) in [4.78, 5) is 16.2. The molecule has 2 aromatic carbocycles. The topological polar surface area (TPSA) is 73.9 Å². The lowest BCUT2D eigenvalue weighted by Gasteiger charge is -2.30. The summed E-state index contributed by atoms with van der Waals surface area (Å²) < 4.78 is 38.2. The first-order chi connectivity index (χ1) is 11.8. The Kier molecular flexibility index (Phi) is 4.49. The minimum Gasteiger partial charge on any atom is -0.466 e. The largest absolute Gasteiger partial charge is 0.466 e. The van der Waals surface area contributed by atoms with Crippen molar-refractivity contribution >= 4 is 23.9 Å². The van der Waals surface area contributed by atoms with Crippen LogP contribution in [0.2, 0.25) is 0 Å². The molecule has 5 nitrogen and oxygen atoms in total. The van der Waals surface area contributed by atoms with Crippen LogP contribution in [0.3, 0.4) is 0 Å². The van der Waals surface area contributed by atoms with Crippen molar-refractivity contribution in [3.63, 3.8) is 0 Å². The monoisotopic (exact) mass is 364 g/mol. The number of carbonyl (C=O) groups is 1. The summed E-state index contributed by atoms with van der Waals surface area (Å²) in [6.07, 6.45) is 0. The van der Waals surface area contributed by atoms with E-state index in [0.29, 0.717) is 23.5 Å². The van der Waals surface area contributed by atoms with Gasteiger partial charge in [0.15, 0.2) is 5.72 Å². The molecule has 0 atom stereocenters. The number of nitrogens with zero attached hydrogens (tertiary/aromatic N) is 1. The van der Waals surface area contributed by atoms with E-state index in [-0.39, 0.29) is 16.9 Å². The quantitative estimate of drug-likeness (QED) is 0.665. The van der Waals surface area contributed by atoms with Gasteiger partial charge in [-0.25, -0.2) is 23.7 Å². The highest BCUT2D eigenvalue weighted by molar-refractivity contribution is 7.92. The highest BCUT2D eigenvalue weighted by Crippen LogP contribution is 2.35. The van der Waals surface area contributed by atoms with Gasteiger partial charge in [-0.05, 0) is 50.2 Å². The number of rotatable bonds is 3. The molecule has 1 aliphatic rings. The molecular formula is C17H14F2N2O3S. The fraction of sp³-hybridized carbons (Fsp3) is 0.176. The number of fused-ring (bicyclic) bond motifs is 1. The third kappa shape index (κ3) is 3.49. The molecule has 0 saturated heterocycles. The summed E-state index contributed by atoms with van der Waals surface area (Å²) in [6.45, 7) is 3.39. The molecule has 0 saturated carbocycles. The van der Waals surface area contributed by atoms with E-state index in [2.05, 4.69) is 9.18 Å². The van der Waals surface area contributed by atoms with Crippen LogP contribution < -0.4 is 9.88 Å². The average molecular weight is 364 g/mol. The molecule has 0 aliphatic carbocycles. The number of ether oxygens (including phenoxy) is 1. The molecule has 2 aromatic rings. The molecule has 3 rings (SSSR count). The second-order valence-corrected chi connectivity index (χ2v) is 6.17. The van der Waals surface area contributed by atoms with Gasteiger partial charge in [-0.1, -0.05) is 0 Å². The molecule has 2 N–H and O–H groups in total. The first-order valence-corrected chi connectivity index (χ1v) is 8.07. The third-order valence-corrected chi connectivity index (χ3v) is 3.76. The predicted molar refractivity (Wildman–Crippen MR) is 90.3 cm³/mol. The Morgan fingerprint density at radius 3 is 2.56 bits per heavy atom. The van der Waals surface area contributed by atoms with Crippen molar-refractivity contribution in [3.05, 3.63) is 64.7 Å². The van der Waals surface area contributed by atoms with Crippen LogP contribution in [0.5, 0.6) is 5.75 Å². The molecule has 8 heteroatoms. The zero-order valence-electron chi connectivity index (χ0n) is 13.4. The molecule has 0 spiro atoms. The summed E-state index contributed by atoms with van der Waals surface area (Å²) in [6, 6.07) is 7.94. The highest BCUT2D eigenvalue weighted by atomic mass is 32.2. The molecule has 0 amide bonds. The van der Waals surface area contributed by atoms with Gasteiger partial charge >= 0.3 is 5.97 Å². The van der Waals surface area contributed by atoms with Crippen molar-refractivity contribution in [3.8, 4) is 5.75 Å². The Labute approximate surface area is 147 Å². The first kappa shape index (κ1) is 17.4. The predicted octanol–water partition coefficient (Wildman–Crippen LogP) is 3.61.